The number of nitrogens with two attached hydrogens (primary N) is 1. The largest absolute Gasteiger partial charge is 0.507 e. The lowest BCUT2D eigenvalue weighted by molar-refractivity contribution is -0.145. The van der Waals surface area contributed by atoms with E-state index >= 15 is 0 Å². The van der Waals surface area contributed by atoms with E-state index in [1.54, 1.807) is 23.5 Å². The zero-order valence-electron chi connectivity index (χ0n) is 46.1. The number of aliphatic hydroxyl groups is 1. The first-order valence-electron chi connectivity index (χ1n) is 29.0. The summed E-state index contributed by atoms with van der Waals surface area (Å²) in [7, 11) is 0. The van der Waals surface area contributed by atoms with Gasteiger partial charge < -0.3 is 41.3 Å². The highest BCUT2D eigenvalue weighted by molar-refractivity contribution is 7.13. The average molecular weight is 1080 g/mol. The van der Waals surface area contributed by atoms with Crippen LogP contribution in [-0.2, 0) is 20.9 Å². The van der Waals surface area contributed by atoms with E-state index in [0.29, 0.717) is 47.0 Å². The molecule has 6 fully saturated rings. The molecule has 5 atom stereocenters. The number of hydrogen-bond donors (Lipinski definition) is 5. The number of nitrogens with one attached hydrogen (secondary N) is 2. The first kappa shape index (κ1) is 53.9. The number of aliphatic imine (C=N–C) groups is 1. The summed E-state index contributed by atoms with van der Waals surface area (Å²) in [4.78, 5) is 59.3. The van der Waals surface area contributed by atoms with Gasteiger partial charge in [-0.25, -0.2) is 9.98 Å². The van der Waals surface area contributed by atoms with Crippen LogP contribution in [0.3, 0.4) is 0 Å². The maximum atomic E-state index is 14.4. The van der Waals surface area contributed by atoms with Crippen molar-refractivity contribution in [2.75, 3.05) is 30.3 Å². The number of aromatic nitrogens is 3. The number of carbonyl (C=O) groups excluding carboxylic acids is 3. The number of fused-ring (bicyclic) bond motifs is 2. The molecule has 2 aromatic carbocycles. The molecule has 7 aliphatic rings. The summed E-state index contributed by atoms with van der Waals surface area (Å²) in [5.74, 6) is 3.02. The van der Waals surface area contributed by atoms with Gasteiger partial charge in [0.1, 0.15) is 23.7 Å². The van der Waals surface area contributed by atoms with Crippen molar-refractivity contribution in [1.29, 1.82) is 0 Å². The highest BCUT2D eigenvalue weighted by Gasteiger charge is 2.49. The molecule has 3 saturated heterocycles. The molecule has 16 heteroatoms. The van der Waals surface area contributed by atoms with E-state index in [2.05, 4.69) is 54.0 Å². The predicted octanol–water partition coefficient (Wildman–Crippen LogP) is 9.74. The summed E-state index contributed by atoms with van der Waals surface area (Å²) in [6.07, 6.45) is 23.0. The smallest absolute Gasteiger partial charge is 0.246 e. The van der Waals surface area contributed by atoms with E-state index < -0.39 is 23.6 Å². The van der Waals surface area contributed by atoms with Crippen molar-refractivity contribution >= 4 is 46.4 Å². The molecule has 78 heavy (non-hydrogen) atoms. The van der Waals surface area contributed by atoms with Crippen molar-refractivity contribution in [2.45, 2.75) is 167 Å². The second kappa shape index (κ2) is 22.5. The fourth-order valence-corrected chi connectivity index (χ4v) is 15.4. The number of nitrogen functional groups attached to an aromatic ring is 1. The van der Waals surface area contributed by atoms with Crippen LogP contribution >= 0.6 is 11.3 Å². The maximum absolute atomic E-state index is 14.4. The third-order valence-electron chi connectivity index (χ3n) is 18.8. The quantitative estimate of drug-likeness (QED) is 0.0904. The monoisotopic (exact) mass is 1080 g/mol. The number of phenols is 1. The summed E-state index contributed by atoms with van der Waals surface area (Å²) >= 11 is 1.60. The van der Waals surface area contributed by atoms with E-state index in [0.717, 1.165) is 104 Å². The Morgan fingerprint density at radius 3 is 2.32 bits per heavy atom. The number of allylic oxidation sites excluding steroid dienone is 3. The Hall–Kier alpha value is -6.13. The van der Waals surface area contributed by atoms with E-state index in [9.17, 15) is 24.6 Å². The van der Waals surface area contributed by atoms with Crippen LogP contribution in [0.2, 0.25) is 0 Å². The zero-order chi connectivity index (χ0) is 54.3. The number of likely N-dealkylation sites (tertiary alicyclic amines) is 1. The van der Waals surface area contributed by atoms with Crippen LogP contribution in [0.15, 0.2) is 89.0 Å². The van der Waals surface area contributed by atoms with E-state index in [1.165, 1.54) is 61.3 Å². The number of amides is 3. The topological polar surface area (TPSA) is 202 Å². The summed E-state index contributed by atoms with van der Waals surface area (Å²) < 4.78 is 0. The Kier molecular flexibility index (Phi) is 15.6. The highest BCUT2D eigenvalue weighted by atomic mass is 32.1. The molecule has 4 aliphatic heterocycles. The molecular weight excluding hydrogens is 997 g/mol. The molecule has 4 aromatic rings. The van der Waals surface area contributed by atoms with Crippen molar-refractivity contribution in [3.63, 3.8) is 0 Å². The van der Waals surface area contributed by atoms with Gasteiger partial charge in [-0.15, -0.1) is 21.5 Å². The molecule has 15 nitrogen and oxygen atoms in total. The minimum Gasteiger partial charge on any atom is -0.507 e. The maximum Gasteiger partial charge on any atom is 0.246 e. The number of carbonyl (C=O) groups is 3. The molecule has 2 aromatic heterocycles. The van der Waals surface area contributed by atoms with Gasteiger partial charge in [-0.3, -0.25) is 14.4 Å². The molecular formula is C62H80N10O5S. The minimum absolute atomic E-state index is 0.0549. The van der Waals surface area contributed by atoms with Crippen LogP contribution in [-0.4, -0.2) is 109 Å². The molecule has 2 bridgehead atoms. The standard InChI is InChI=1S/C62H80N10O5S/c1-38-55(78-37-66-38)43-19-15-40(16-20-43)32-65-59(76)52-28-48(73)36-71(52)60(77)56(61(2,3)4)67-58(75)44-23-25-62(26-24-44)30-41(31-62)27-39-13-17-42(18-14-39)45-9-5-8-12-54(64-33-45)72-46-21-22-47(72)35-70(34-46)51-29-50(68-69-57(51)63)49-10-6-7-11-53(49)74/h5-7,9-11,15-16,19-20,29,33,37,39,41-42,44,46-48,52,56,73-74H,8,12-14,17-18,21-28,30-32,34-36H2,1-4H3,(H2,63,69)(H,65,76)(H,67,75)/b9-5-,45-33+,64-54+/t39?,41-,42?,44-,46?,47?,48-,52+,56-,62?/m1/s1. The van der Waals surface area contributed by atoms with Crippen molar-refractivity contribution < 1.29 is 24.6 Å². The van der Waals surface area contributed by atoms with Gasteiger partial charge in [-0.1, -0.05) is 69.3 Å². The van der Waals surface area contributed by atoms with Gasteiger partial charge in [0.2, 0.25) is 17.7 Å². The number of amidine groups is 1. The Bertz CT molecular complexity index is 2910. The third kappa shape index (κ3) is 11.5. The number of rotatable bonds is 12. The second-order valence-corrected chi connectivity index (χ2v) is 26.1. The van der Waals surface area contributed by atoms with Gasteiger partial charge in [-0.05, 0) is 160 Å². The number of anilines is 2. The number of aromatic hydroxyl groups is 1. The molecule has 1 spiro atoms. The van der Waals surface area contributed by atoms with Gasteiger partial charge in [0, 0.05) is 68.8 Å². The number of phenolic OH excluding ortho intramolecular Hbond substituents is 1. The van der Waals surface area contributed by atoms with Crippen LogP contribution in [0.1, 0.15) is 135 Å². The molecule has 0 radical (unpaired) electrons. The molecule has 6 N–H and O–H groups in total. The Labute approximate surface area is 464 Å². The summed E-state index contributed by atoms with van der Waals surface area (Å²) in [5.41, 5.74) is 14.5. The molecule has 6 heterocycles. The number of benzene rings is 2. The molecule has 3 aliphatic carbocycles. The van der Waals surface area contributed by atoms with E-state index in [1.807, 2.05) is 75.7 Å². The third-order valence-corrected chi connectivity index (χ3v) is 19.8. The number of aryl methyl sites for hydroxylation is 1. The normalized spacial score (nSPS) is 30.3. The zero-order valence-corrected chi connectivity index (χ0v) is 46.9. The highest BCUT2D eigenvalue weighted by Crippen LogP contribution is 2.58. The SMILES string of the molecule is Cc1ncsc1-c1ccc(CNC(=O)[C@@H]2C[C@@H](O)CN2C(=O)[C@@H](NC(=O)[C@H]2CCC3(CC2)C[C@H](CC2CCC(C4=C/N=C(/N5C6CCC5CN(c5cc(-c7ccccc7O)nnc5N)C6)CC/C=C\4)CC2)C3)C(C)(C)C)cc1. The Morgan fingerprint density at radius 2 is 1.63 bits per heavy atom. The number of β-amino-alcohol motifs (C(OH)–C–C–N with tert-alkyl or cyclic N) is 1. The van der Waals surface area contributed by atoms with Gasteiger partial charge >= 0.3 is 0 Å². The van der Waals surface area contributed by atoms with Gasteiger partial charge in [0.15, 0.2) is 5.82 Å². The van der Waals surface area contributed by atoms with Crippen LogP contribution in [0.5, 0.6) is 5.75 Å². The first-order chi connectivity index (χ1) is 37.6. The molecule has 2 unspecified atom stereocenters. The number of hydrogen-bond acceptors (Lipinski definition) is 13. The van der Waals surface area contributed by atoms with Gasteiger partial charge in [0.05, 0.1) is 33.6 Å². The lowest BCUT2D eigenvalue weighted by Gasteiger charge is -2.52. The molecule has 414 valence electrons. The summed E-state index contributed by atoms with van der Waals surface area (Å²) in [6.45, 7) is 9.88. The van der Waals surface area contributed by atoms with Gasteiger partial charge in [0.25, 0.3) is 0 Å². The Balaban J connectivity index is 0.626. The molecule has 11 rings (SSSR count). The van der Waals surface area contributed by atoms with Crippen LogP contribution in [0, 0.1) is 41.4 Å². The van der Waals surface area contributed by atoms with Gasteiger partial charge in [-0.2, -0.15) is 0 Å². The lowest BCUT2D eigenvalue weighted by Crippen LogP contribution is -2.58. The lowest BCUT2D eigenvalue weighted by atomic mass is 9.53. The number of thiazole rings is 1. The molecule has 3 amide bonds. The number of piperazine rings is 1. The van der Waals surface area contributed by atoms with Crippen molar-refractivity contribution in [2.24, 2.45) is 39.5 Å². The average Bonchev–Trinajstić information content (AvgIpc) is 4.13. The van der Waals surface area contributed by atoms with E-state index in [-0.39, 0.29) is 42.4 Å². The summed E-state index contributed by atoms with van der Waals surface area (Å²) in [6, 6.07) is 16.3. The van der Waals surface area contributed by atoms with Crippen LogP contribution in [0.4, 0.5) is 11.5 Å². The number of para-hydroxylation sites is 1. The predicted molar refractivity (Wildman–Crippen MR) is 307 cm³/mol. The van der Waals surface area contributed by atoms with E-state index in [4.69, 9.17) is 10.7 Å². The minimum atomic E-state index is -0.828. The Morgan fingerprint density at radius 1 is 0.897 bits per heavy atom. The molecule has 3 saturated carbocycles. The second-order valence-electron chi connectivity index (χ2n) is 25.2. The van der Waals surface area contributed by atoms with Crippen molar-refractivity contribution in [3.8, 4) is 27.4 Å². The first-order valence-corrected chi connectivity index (χ1v) is 29.9. The van der Waals surface area contributed by atoms with Crippen molar-refractivity contribution in [1.82, 2.24) is 35.6 Å². The number of aliphatic hydroxyl groups excluding tert-OH is 1. The summed E-state index contributed by atoms with van der Waals surface area (Å²) in [5, 5.41) is 36.1. The number of nitrogens with zero attached hydrogens (tertiary/aromatic N) is 7. The van der Waals surface area contributed by atoms with Crippen LogP contribution in [0.25, 0.3) is 21.7 Å². The fourth-order valence-electron chi connectivity index (χ4n) is 14.6. The fraction of sp³-hybridized carbons (Fsp3) is 0.565. The van der Waals surface area contributed by atoms with Crippen molar-refractivity contribution in [3.05, 3.63) is 95.3 Å². The van der Waals surface area contributed by atoms with Crippen LogP contribution < -0.4 is 21.3 Å².